The van der Waals surface area contributed by atoms with E-state index in [0.29, 0.717) is 0 Å². The third-order valence-corrected chi connectivity index (χ3v) is 2.71. The fourth-order valence-electron chi connectivity index (χ4n) is 1.73. The van der Waals surface area contributed by atoms with Gasteiger partial charge in [0.25, 0.3) is 5.91 Å². The zero-order chi connectivity index (χ0) is 11.7. The van der Waals surface area contributed by atoms with Crippen molar-refractivity contribution in [3.63, 3.8) is 0 Å². The average Bonchev–Trinajstić information content (AvgIpc) is 2.55. The van der Waals surface area contributed by atoms with Crippen molar-refractivity contribution in [3.8, 4) is 0 Å². The molecule has 0 aliphatic carbocycles. The number of rotatable bonds is 1. The Balaban J connectivity index is 2.42. The molecule has 82 valence electrons. The van der Waals surface area contributed by atoms with Crippen LogP contribution in [0.3, 0.4) is 0 Å². The SMILES string of the molecule is CC(=O)N1C(=S)NC(=O)[C@H]1c1ccccc1. The Bertz CT molecular complexity index is 458. The number of nitrogens with one attached hydrogen (secondary N) is 1. The summed E-state index contributed by atoms with van der Waals surface area (Å²) in [5, 5.41) is 2.67. The van der Waals surface area contributed by atoms with Crippen LogP contribution in [-0.2, 0) is 9.59 Å². The molecule has 1 atom stereocenters. The van der Waals surface area contributed by atoms with E-state index in [9.17, 15) is 9.59 Å². The molecule has 4 nitrogen and oxygen atoms in total. The second kappa shape index (κ2) is 4.02. The molecule has 1 aromatic rings. The van der Waals surface area contributed by atoms with Crippen LogP contribution in [0.25, 0.3) is 0 Å². The summed E-state index contributed by atoms with van der Waals surface area (Å²) < 4.78 is 0. The number of thiocarbonyl (C=S) groups is 1. The van der Waals surface area contributed by atoms with Crippen LogP contribution in [0, 0.1) is 0 Å². The zero-order valence-electron chi connectivity index (χ0n) is 8.64. The maximum absolute atomic E-state index is 11.7. The largest absolute Gasteiger partial charge is 0.301 e. The van der Waals surface area contributed by atoms with E-state index in [1.807, 2.05) is 18.2 Å². The summed E-state index contributed by atoms with van der Waals surface area (Å²) in [6.07, 6.45) is 0. The van der Waals surface area contributed by atoms with Crippen LogP contribution in [0.2, 0.25) is 0 Å². The number of carbonyl (C=O) groups is 2. The summed E-state index contributed by atoms with van der Waals surface area (Å²) in [5.41, 5.74) is 0.759. The first-order chi connectivity index (χ1) is 7.61. The van der Waals surface area contributed by atoms with Gasteiger partial charge in [0.15, 0.2) is 5.11 Å². The molecule has 16 heavy (non-hydrogen) atoms. The monoisotopic (exact) mass is 234 g/mol. The summed E-state index contributed by atoms with van der Waals surface area (Å²) >= 11 is 4.94. The third-order valence-electron chi connectivity index (χ3n) is 2.41. The van der Waals surface area contributed by atoms with Crippen molar-refractivity contribution < 1.29 is 9.59 Å². The van der Waals surface area contributed by atoms with Crippen LogP contribution in [0.5, 0.6) is 0 Å². The van der Waals surface area contributed by atoms with Crippen LogP contribution in [-0.4, -0.2) is 21.8 Å². The topological polar surface area (TPSA) is 49.4 Å². The van der Waals surface area contributed by atoms with Gasteiger partial charge in [-0.25, -0.2) is 0 Å². The summed E-state index contributed by atoms with van der Waals surface area (Å²) in [7, 11) is 0. The molecule has 0 unspecified atom stereocenters. The van der Waals surface area contributed by atoms with Crippen LogP contribution < -0.4 is 5.32 Å². The van der Waals surface area contributed by atoms with Crippen molar-refractivity contribution >= 4 is 29.1 Å². The minimum Gasteiger partial charge on any atom is -0.301 e. The zero-order valence-corrected chi connectivity index (χ0v) is 9.45. The summed E-state index contributed by atoms with van der Waals surface area (Å²) in [6, 6.07) is 8.46. The second-order valence-electron chi connectivity index (χ2n) is 3.50. The van der Waals surface area contributed by atoms with Crippen molar-refractivity contribution in [2.45, 2.75) is 13.0 Å². The molecule has 0 saturated carbocycles. The number of benzene rings is 1. The quantitative estimate of drug-likeness (QED) is 0.737. The van der Waals surface area contributed by atoms with Gasteiger partial charge in [-0.1, -0.05) is 30.3 Å². The van der Waals surface area contributed by atoms with Crippen LogP contribution in [0.15, 0.2) is 30.3 Å². The standard InChI is InChI=1S/C11H10N2O2S/c1-7(14)13-9(10(15)12-11(13)16)8-5-3-2-4-6-8/h2-6,9H,1H3,(H,12,15,16)/t9-/m1/s1. The highest BCUT2D eigenvalue weighted by molar-refractivity contribution is 7.80. The predicted molar refractivity (Wildman–Crippen MR) is 62.4 cm³/mol. The first-order valence-corrected chi connectivity index (χ1v) is 5.21. The third kappa shape index (κ3) is 1.69. The summed E-state index contributed by atoms with van der Waals surface area (Å²) in [6.45, 7) is 1.39. The maximum atomic E-state index is 11.7. The van der Waals surface area contributed by atoms with Crippen LogP contribution in [0.4, 0.5) is 0 Å². The molecule has 0 spiro atoms. The van der Waals surface area contributed by atoms with Gasteiger partial charge in [0.05, 0.1) is 0 Å². The van der Waals surface area contributed by atoms with Gasteiger partial charge < -0.3 is 5.32 Å². The van der Waals surface area contributed by atoms with E-state index >= 15 is 0 Å². The first kappa shape index (κ1) is 10.8. The molecule has 1 saturated heterocycles. The van der Waals surface area contributed by atoms with E-state index < -0.39 is 6.04 Å². The average molecular weight is 234 g/mol. The van der Waals surface area contributed by atoms with E-state index in [0.717, 1.165) is 5.56 Å². The fraction of sp³-hybridized carbons (Fsp3) is 0.182. The highest BCUT2D eigenvalue weighted by Crippen LogP contribution is 2.25. The molecule has 1 N–H and O–H groups in total. The van der Waals surface area contributed by atoms with E-state index in [4.69, 9.17) is 12.2 Å². The van der Waals surface area contributed by atoms with Crippen LogP contribution in [0.1, 0.15) is 18.5 Å². The summed E-state index contributed by atoms with van der Waals surface area (Å²) in [4.78, 5) is 24.4. The number of hydrogen-bond donors (Lipinski definition) is 1. The molecule has 1 aliphatic heterocycles. The van der Waals surface area contributed by atoms with E-state index in [-0.39, 0.29) is 16.9 Å². The van der Waals surface area contributed by atoms with E-state index in [1.54, 1.807) is 12.1 Å². The van der Waals surface area contributed by atoms with E-state index in [2.05, 4.69) is 5.32 Å². The molecule has 1 fully saturated rings. The fourth-order valence-corrected chi connectivity index (χ4v) is 2.06. The summed E-state index contributed by atoms with van der Waals surface area (Å²) in [5.74, 6) is -0.497. The van der Waals surface area contributed by atoms with Gasteiger partial charge in [-0.05, 0) is 17.8 Å². The lowest BCUT2D eigenvalue weighted by Crippen LogP contribution is -2.33. The number of carbonyl (C=O) groups excluding carboxylic acids is 2. The van der Waals surface area contributed by atoms with Crippen molar-refractivity contribution in [2.75, 3.05) is 0 Å². The van der Waals surface area contributed by atoms with Gasteiger partial charge in [0, 0.05) is 6.92 Å². The molecule has 0 radical (unpaired) electrons. The number of hydrogen-bond acceptors (Lipinski definition) is 3. The van der Waals surface area contributed by atoms with Crippen LogP contribution >= 0.6 is 12.2 Å². The van der Waals surface area contributed by atoms with Crippen molar-refractivity contribution in [1.29, 1.82) is 0 Å². The number of amides is 2. The van der Waals surface area contributed by atoms with Gasteiger partial charge in [-0.2, -0.15) is 0 Å². The normalized spacial score (nSPS) is 19.8. The predicted octanol–water partition coefficient (Wildman–Crippen LogP) is 0.991. The highest BCUT2D eigenvalue weighted by atomic mass is 32.1. The minimum atomic E-state index is -0.633. The lowest BCUT2D eigenvalue weighted by atomic mass is 10.1. The van der Waals surface area contributed by atoms with Gasteiger partial charge in [0.2, 0.25) is 5.91 Å². The lowest BCUT2D eigenvalue weighted by molar-refractivity contribution is -0.131. The molecule has 2 rings (SSSR count). The first-order valence-electron chi connectivity index (χ1n) is 4.81. The molecule has 1 heterocycles. The molecule has 1 aliphatic rings. The Hall–Kier alpha value is -1.75. The van der Waals surface area contributed by atoms with Gasteiger partial charge in [0.1, 0.15) is 6.04 Å². The Kier molecular flexibility index (Phi) is 2.70. The molecular weight excluding hydrogens is 224 g/mol. The van der Waals surface area contributed by atoms with Crippen molar-refractivity contribution in [2.24, 2.45) is 0 Å². The molecule has 0 aromatic heterocycles. The van der Waals surface area contributed by atoms with Gasteiger partial charge in [-0.3, -0.25) is 14.5 Å². The molecule has 2 amide bonds. The molecule has 1 aromatic carbocycles. The maximum Gasteiger partial charge on any atom is 0.254 e. The minimum absolute atomic E-state index is 0.173. The Morgan fingerprint density at radius 1 is 1.38 bits per heavy atom. The Morgan fingerprint density at radius 3 is 2.56 bits per heavy atom. The lowest BCUT2D eigenvalue weighted by Gasteiger charge is -2.19. The van der Waals surface area contributed by atoms with Gasteiger partial charge >= 0.3 is 0 Å². The van der Waals surface area contributed by atoms with Crippen molar-refractivity contribution in [1.82, 2.24) is 10.2 Å². The van der Waals surface area contributed by atoms with Crippen molar-refractivity contribution in [3.05, 3.63) is 35.9 Å². The highest BCUT2D eigenvalue weighted by Gasteiger charge is 2.39. The smallest absolute Gasteiger partial charge is 0.254 e. The molecule has 5 heteroatoms. The molecular formula is C11H10N2O2S. The van der Waals surface area contributed by atoms with Gasteiger partial charge in [-0.15, -0.1) is 0 Å². The molecule has 0 bridgehead atoms. The Morgan fingerprint density at radius 2 is 2.00 bits per heavy atom. The Labute approximate surface area is 98.2 Å². The van der Waals surface area contributed by atoms with E-state index in [1.165, 1.54) is 11.8 Å². The number of nitrogens with zero attached hydrogens (tertiary/aromatic N) is 1. The second-order valence-corrected chi connectivity index (χ2v) is 3.88.